The fraction of sp³-hybridized carbons (Fsp3) is 0.571. The van der Waals surface area contributed by atoms with E-state index in [0.29, 0.717) is 17.9 Å². The van der Waals surface area contributed by atoms with E-state index in [1.807, 2.05) is 6.07 Å². The first-order valence-electron chi connectivity index (χ1n) is 6.52. The Bertz CT molecular complexity index is 419. The standard InChI is InChI=1S/C14H19FN2/c15-12-3-1-2-10-7-11-6-9(8-16)4-5-13(11)17-14(10)12/h1-3,9,11,13,17H,4-8,16H2. The third-order valence-corrected chi connectivity index (χ3v) is 4.34. The van der Waals surface area contributed by atoms with Gasteiger partial charge in [0.2, 0.25) is 0 Å². The molecular formula is C14H19FN2. The van der Waals surface area contributed by atoms with E-state index >= 15 is 0 Å². The van der Waals surface area contributed by atoms with Gasteiger partial charge in [-0.15, -0.1) is 0 Å². The first-order chi connectivity index (χ1) is 8.28. The first kappa shape index (κ1) is 11.0. The third kappa shape index (κ3) is 1.93. The maximum Gasteiger partial charge on any atom is 0.146 e. The molecule has 17 heavy (non-hydrogen) atoms. The summed E-state index contributed by atoms with van der Waals surface area (Å²) < 4.78 is 13.7. The maximum atomic E-state index is 13.7. The third-order valence-electron chi connectivity index (χ3n) is 4.34. The fourth-order valence-corrected chi connectivity index (χ4v) is 3.36. The number of anilines is 1. The number of hydrogen-bond donors (Lipinski definition) is 2. The molecule has 3 rings (SSSR count). The van der Waals surface area contributed by atoms with Crippen LogP contribution in [0.5, 0.6) is 0 Å². The predicted molar refractivity (Wildman–Crippen MR) is 67.4 cm³/mol. The highest BCUT2D eigenvalue weighted by Crippen LogP contribution is 2.39. The maximum absolute atomic E-state index is 13.7. The zero-order valence-corrected chi connectivity index (χ0v) is 9.95. The number of fused-ring (bicyclic) bond motifs is 2. The van der Waals surface area contributed by atoms with Gasteiger partial charge in [0.25, 0.3) is 0 Å². The molecule has 1 saturated carbocycles. The Morgan fingerprint density at radius 1 is 1.35 bits per heavy atom. The molecule has 1 heterocycles. The molecule has 0 saturated heterocycles. The minimum Gasteiger partial charge on any atom is -0.379 e. The van der Waals surface area contributed by atoms with E-state index in [1.165, 1.54) is 18.9 Å². The van der Waals surface area contributed by atoms with Crippen molar-refractivity contribution in [3.63, 3.8) is 0 Å². The smallest absolute Gasteiger partial charge is 0.146 e. The average molecular weight is 234 g/mol. The molecule has 0 spiro atoms. The number of benzene rings is 1. The van der Waals surface area contributed by atoms with Gasteiger partial charge in [-0.2, -0.15) is 0 Å². The van der Waals surface area contributed by atoms with Crippen LogP contribution in [0.3, 0.4) is 0 Å². The van der Waals surface area contributed by atoms with Crippen molar-refractivity contribution in [3.05, 3.63) is 29.6 Å². The monoisotopic (exact) mass is 234 g/mol. The summed E-state index contributed by atoms with van der Waals surface area (Å²) in [5.74, 6) is 1.18. The molecule has 1 aliphatic heterocycles. The van der Waals surface area contributed by atoms with E-state index in [4.69, 9.17) is 5.73 Å². The lowest BCUT2D eigenvalue weighted by molar-refractivity contribution is 0.242. The van der Waals surface area contributed by atoms with Crippen molar-refractivity contribution >= 4 is 5.69 Å². The van der Waals surface area contributed by atoms with Gasteiger partial charge >= 0.3 is 0 Å². The van der Waals surface area contributed by atoms with Crippen molar-refractivity contribution in [2.75, 3.05) is 11.9 Å². The Kier molecular flexibility index (Phi) is 2.79. The van der Waals surface area contributed by atoms with Gasteiger partial charge in [-0.25, -0.2) is 4.39 Å². The van der Waals surface area contributed by atoms with Crippen LogP contribution in [0.1, 0.15) is 24.8 Å². The topological polar surface area (TPSA) is 38.0 Å². The van der Waals surface area contributed by atoms with Crippen LogP contribution in [-0.2, 0) is 6.42 Å². The summed E-state index contributed by atoms with van der Waals surface area (Å²) in [6, 6.07) is 5.83. The van der Waals surface area contributed by atoms with Crippen molar-refractivity contribution in [1.82, 2.24) is 0 Å². The lowest BCUT2D eigenvalue weighted by Gasteiger charge is -2.41. The predicted octanol–water partition coefficient (Wildman–Crippen LogP) is 2.54. The number of hydrogen-bond acceptors (Lipinski definition) is 2. The van der Waals surface area contributed by atoms with Gasteiger partial charge in [-0.1, -0.05) is 12.1 Å². The van der Waals surface area contributed by atoms with Gasteiger partial charge in [0.05, 0.1) is 5.69 Å². The second kappa shape index (κ2) is 4.30. The Hall–Kier alpha value is -1.09. The lowest BCUT2D eigenvalue weighted by atomic mass is 9.73. The molecule has 1 aromatic rings. The molecule has 3 unspecified atom stereocenters. The van der Waals surface area contributed by atoms with Crippen molar-refractivity contribution in [2.45, 2.75) is 31.7 Å². The molecule has 2 aliphatic rings. The number of halogens is 1. The van der Waals surface area contributed by atoms with Crippen LogP contribution in [0, 0.1) is 17.7 Å². The van der Waals surface area contributed by atoms with Crippen LogP contribution < -0.4 is 11.1 Å². The summed E-state index contributed by atoms with van der Waals surface area (Å²) in [6.07, 6.45) is 4.49. The number of para-hydroxylation sites is 1. The van der Waals surface area contributed by atoms with Crippen molar-refractivity contribution < 1.29 is 4.39 Å². The van der Waals surface area contributed by atoms with Crippen LogP contribution in [0.25, 0.3) is 0 Å². The lowest BCUT2D eigenvalue weighted by Crippen LogP contribution is -2.41. The Morgan fingerprint density at radius 3 is 3.06 bits per heavy atom. The molecule has 0 radical (unpaired) electrons. The summed E-state index contributed by atoms with van der Waals surface area (Å²) in [5.41, 5.74) is 7.63. The molecule has 1 fully saturated rings. The quantitative estimate of drug-likeness (QED) is 0.783. The van der Waals surface area contributed by atoms with Crippen LogP contribution in [0.2, 0.25) is 0 Å². The van der Waals surface area contributed by atoms with Crippen molar-refractivity contribution in [1.29, 1.82) is 0 Å². The number of nitrogens with two attached hydrogens (primary N) is 1. The molecule has 92 valence electrons. The molecule has 3 heteroatoms. The Balaban J connectivity index is 1.85. The molecule has 1 aromatic carbocycles. The van der Waals surface area contributed by atoms with E-state index in [9.17, 15) is 4.39 Å². The highest BCUT2D eigenvalue weighted by molar-refractivity contribution is 5.55. The highest BCUT2D eigenvalue weighted by atomic mass is 19.1. The van der Waals surface area contributed by atoms with Gasteiger partial charge in [0, 0.05) is 6.04 Å². The van der Waals surface area contributed by atoms with Crippen LogP contribution in [-0.4, -0.2) is 12.6 Å². The van der Waals surface area contributed by atoms with E-state index in [1.54, 1.807) is 6.07 Å². The summed E-state index contributed by atoms with van der Waals surface area (Å²) >= 11 is 0. The van der Waals surface area contributed by atoms with E-state index < -0.39 is 0 Å². The minimum absolute atomic E-state index is 0.109. The van der Waals surface area contributed by atoms with Gasteiger partial charge in [0.15, 0.2) is 0 Å². The van der Waals surface area contributed by atoms with Crippen LogP contribution >= 0.6 is 0 Å². The molecule has 3 atom stereocenters. The van der Waals surface area contributed by atoms with Gasteiger partial charge in [-0.05, 0) is 55.7 Å². The fourth-order valence-electron chi connectivity index (χ4n) is 3.36. The van der Waals surface area contributed by atoms with E-state index in [2.05, 4.69) is 5.32 Å². The molecule has 0 aromatic heterocycles. The van der Waals surface area contributed by atoms with E-state index in [-0.39, 0.29) is 5.82 Å². The zero-order valence-electron chi connectivity index (χ0n) is 9.95. The second-order valence-corrected chi connectivity index (χ2v) is 5.40. The largest absolute Gasteiger partial charge is 0.379 e. The number of rotatable bonds is 1. The Morgan fingerprint density at radius 2 is 2.24 bits per heavy atom. The van der Waals surface area contributed by atoms with E-state index in [0.717, 1.165) is 30.6 Å². The normalized spacial score (nSPS) is 31.3. The summed E-state index contributed by atoms with van der Waals surface area (Å²) in [7, 11) is 0. The summed E-state index contributed by atoms with van der Waals surface area (Å²) in [6.45, 7) is 0.791. The van der Waals surface area contributed by atoms with Crippen molar-refractivity contribution in [2.24, 2.45) is 17.6 Å². The summed E-state index contributed by atoms with van der Waals surface area (Å²) in [5, 5.41) is 3.40. The Labute approximate surface area is 101 Å². The molecule has 1 aliphatic carbocycles. The SMILES string of the molecule is NCC1CCC2Nc3c(F)cccc3CC2C1. The van der Waals surface area contributed by atoms with Crippen LogP contribution in [0.15, 0.2) is 18.2 Å². The van der Waals surface area contributed by atoms with Gasteiger partial charge < -0.3 is 11.1 Å². The average Bonchev–Trinajstić information content (AvgIpc) is 2.36. The van der Waals surface area contributed by atoms with Crippen molar-refractivity contribution in [3.8, 4) is 0 Å². The molecule has 0 bridgehead atoms. The van der Waals surface area contributed by atoms with Gasteiger partial charge in [0.1, 0.15) is 5.82 Å². The highest BCUT2D eigenvalue weighted by Gasteiger charge is 2.34. The molecular weight excluding hydrogens is 215 g/mol. The first-order valence-corrected chi connectivity index (χ1v) is 6.52. The second-order valence-electron chi connectivity index (χ2n) is 5.40. The molecule has 2 nitrogen and oxygen atoms in total. The summed E-state index contributed by atoms with van der Waals surface area (Å²) in [4.78, 5) is 0. The van der Waals surface area contributed by atoms with Gasteiger partial charge in [-0.3, -0.25) is 0 Å². The zero-order chi connectivity index (χ0) is 11.8. The molecule has 3 N–H and O–H groups in total. The molecule has 0 amide bonds. The number of nitrogens with one attached hydrogen (secondary N) is 1. The van der Waals surface area contributed by atoms with Crippen LogP contribution in [0.4, 0.5) is 10.1 Å². The minimum atomic E-state index is -0.109.